The summed E-state index contributed by atoms with van der Waals surface area (Å²) in [7, 11) is 0. The van der Waals surface area contributed by atoms with E-state index in [1.54, 1.807) is 17.0 Å². The molecule has 0 fully saturated rings. The second kappa shape index (κ2) is 6.79. The number of nitrogens with zero attached hydrogens (tertiary/aromatic N) is 1. The number of hydrogen-bond acceptors (Lipinski definition) is 4. The summed E-state index contributed by atoms with van der Waals surface area (Å²) in [6.45, 7) is 0.452. The van der Waals surface area contributed by atoms with Crippen LogP contribution in [-0.2, 0) is 16.0 Å². The molecule has 2 heterocycles. The lowest BCUT2D eigenvalue weighted by Gasteiger charge is -2.38. The molecule has 2 aromatic rings. The predicted octanol–water partition coefficient (Wildman–Crippen LogP) is 2.94. The monoisotopic (exact) mass is 366 g/mol. The van der Waals surface area contributed by atoms with Crippen molar-refractivity contribution < 1.29 is 19.0 Å². The highest BCUT2D eigenvalue weighted by Crippen LogP contribution is 2.36. The number of aliphatic hydroxyl groups is 1. The molecule has 0 saturated carbocycles. The number of fused-ring (bicyclic) bond motifs is 1. The van der Waals surface area contributed by atoms with Gasteiger partial charge in [-0.05, 0) is 35.2 Å². The number of carbonyl (C=O) groups is 1. The number of nitrogens with two attached hydrogens (primary N) is 1. The molecule has 0 unspecified atom stereocenters. The van der Waals surface area contributed by atoms with Crippen molar-refractivity contribution in [1.82, 2.24) is 4.90 Å². The Morgan fingerprint density at radius 2 is 1.93 bits per heavy atom. The lowest BCUT2D eigenvalue weighted by atomic mass is 9.88. The molecule has 1 amide bonds. The van der Waals surface area contributed by atoms with Gasteiger partial charge >= 0.3 is 0 Å². The van der Waals surface area contributed by atoms with Crippen molar-refractivity contribution in [2.45, 2.75) is 12.5 Å². The molecule has 2 aromatic carbocycles. The fourth-order valence-electron chi connectivity index (χ4n) is 3.54. The molecule has 0 aliphatic carbocycles. The molecular formula is C21H19FN2O3. The molecule has 0 bridgehead atoms. The van der Waals surface area contributed by atoms with Crippen molar-refractivity contribution in [2.75, 3.05) is 13.2 Å². The maximum Gasteiger partial charge on any atom is 0.289 e. The number of halogens is 1. The Balaban J connectivity index is 1.76. The zero-order valence-electron chi connectivity index (χ0n) is 14.6. The maximum absolute atomic E-state index is 13.4. The van der Waals surface area contributed by atoms with Gasteiger partial charge in [0.25, 0.3) is 5.91 Å². The average molecular weight is 366 g/mol. The molecule has 0 spiro atoms. The SMILES string of the molecule is NC1=C(O)C=C(C(=O)N2CCc3ccccc3[C@@H]2c2ccc(F)cc2)OC1. The molecule has 27 heavy (non-hydrogen) atoms. The van der Waals surface area contributed by atoms with E-state index < -0.39 is 0 Å². The average Bonchev–Trinajstić information content (AvgIpc) is 2.69. The first-order chi connectivity index (χ1) is 13.0. The van der Waals surface area contributed by atoms with E-state index in [2.05, 4.69) is 0 Å². The van der Waals surface area contributed by atoms with E-state index in [1.165, 1.54) is 18.2 Å². The van der Waals surface area contributed by atoms with Crippen LogP contribution in [0.15, 0.2) is 71.8 Å². The normalized spacial score (nSPS) is 19.2. The van der Waals surface area contributed by atoms with Crippen molar-refractivity contribution in [3.63, 3.8) is 0 Å². The van der Waals surface area contributed by atoms with Gasteiger partial charge in [-0.2, -0.15) is 0 Å². The van der Waals surface area contributed by atoms with Crippen molar-refractivity contribution in [2.24, 2.45) is 5.73 Å². The second-order valence-electron chi connectivity index (χ2n) is 6.61. The van der Waals surface area contributed by atoms with E-state index in [9.17, 15) is 14.3 Å². The summed E-state index contributed by atoms with van der Waals surface area (Å²) in [6.07, 6.45) is 1.96. The van der Waals surface area contributed by atoms with E-state index >= 15 is 0 Å². The largest absolute Gasteiger partial charge is 0.506 e. The van der Waals surface area contributed by atoms with Crippen LogP contribution in [0.1, 0.15) is 22.7 Å². The molecular weight excluding hydrogens is 347 g/mol. The van der Waals surface area contributed by atoms with Gasteiger partial charge < -0.3 is 20.5 Å². The molecule has 2 aliphatic heterocycles. The van der Waals surface area contributed by atoms with Gasteiger partial charge in [0.2, 0.25) is 0 Å². The highest BCUT2D eigenvalue weighted by Gasteiger charge is 2.34. The summed E-state index contributed by atoms with van der Waals surface area (Å²) in [5, 5.41) is 9.85. The Kier molecular flexibility index (Phi) is 4.32. The van der Waals surface area contributed by atoms with Gasteiger partial charge in [-0.3, -0.25) is 4.79 Å². The van der Waals surface area contributed by atoms with Crippen LogP contribution in [0.4, 0.5) is 4.39 Å². The fraction of sp³-hybridized carbons (Fsp3) is 0.190. The third kappa shape index (κ3) is 3.14. The number of amides is 1. The van der Waals surface area contributed by atoms with Crippen LogP contribution in [0.25, 0.3) is 0 Å². The number of hydrogen-bond donors (Lipinski definition) is 2. The molecule has 3 N–H and O–H groups in total. The Morgan fingerprint density at radius 3 is 2.67 bits per heavy atom. The van der Waals surface area contributed by atoms with Gasteiger partial charge in [0.05, 0.1) is 11.7 Å². The summed E-state index contributed by atoms with van der Waals surface area (Å²) in [5.74, 6) is -0.768. The molecule has 2 aliphatic rings. The van der Waals surface area contributed by atoms with E-state index in [0.717, 1.165) is 16.7 Å². The number of benzene rings is 2. The van der Waals surface area contributed by atoms with Crippen molar-refractivity contribution >= 4 is 5.91 Å². The molecule has 0 radical (unpaired) electrons. The Morgan fingerprint density at radius 1 is 1.19 bits per heavy atom. The predicted molar refractivity (Wildman–Crippen MR) is 98.0 cm³/mol. The number of allylic oxidation sites excluding steroid dienone is 1. The summed E-state index contributed by atoms with van der Waals surface area (Å²) in [5.41, 5.74) is 8.77. The first-order valence-corrected chi connectivity index (χ1v) is 8.71. The van der Waals surface area contributed by atoms with Gasteiger partial charge in [-0.25, -0.2) is 4.39 Å². The van der Waals surface area contributed by atoms with Gasteiger partial charge in [-0.15, -0.1) is 0 Å². The summed E-state index contributed by atoms with van der Waals surface area (Å²) in [4.78, 5) is 14.8. The highest BCUT2D eigenvalue weighted by molar-refractivity contribution is 5.93. The smallest absolute Gasteiger partial charge is 0.289 e. The molecule has 0 aromatic heterocycles. The van der Waals surface area contributed by atoms with Gasteiger partial charge in [0, 0.05) is 12.6 Å². The van der Waals surface area contributed by atoms with Crippen molar-refractivity contribution in [1.29, 1.82) is 0 Å². The van der Waals surface area contributed by atoms with E-state index in [1.807, 2.05) is 24.3 Å². The van der Waals surface area contributed by atoms with Gasteiger partial charge in [0.15, 0.2) is 5.76 Å². The minimum absolute atomic E-state index is 0.0327. The first-order valence-electron chi connectivity index (χ1n) is 8.71. The van der Waals surface area contributed by atoms with E-state index in [0.29, 0.717) is 13.0 Å². The van der Waals surface area contributed by atoms with Crippen LogP contribution in [0, 0.1) is 5.82 Å². The Hall–Kier alpha value is -3.28. The Bertz CT molecular complexity index is 950. The maximum atomic E-state index is 13.4. The summed E-state index contributed by atoms with van der Waals surface area (Å²) in [6, 6.07) is 13.7. The minimum atomic E-state index is -0.363. The van der Waals surface area contributed by atoms with Gasteiger partial charge in [-0.1, -0.05) is 36.4 Å². The highest BCUT2D eigenvalue weighted by atomic mass is 19.1. The van der Waals surface area contributed by atoms with Crippen LogP contribution >= 0.6 is 0 Å². The fourth-order valence-corrected chi connectivity index (χ4v) is 3.54. The first kappa shape index (κ1) is 17.1. The topological polar surface area (TPSA) is 75.8 Å². The van der Waals surface area contributed by atoms with Crippen LogP contribution in [-0.4, -0.2) is 29.1 Å². The van der Waals surface area contributed by atoms with Crippen LogP contribution in [0.3, 0.4) is 0 Å². The zero-order valence-corrected chi connectivity index (χ0v) is 14.6. The number of carbonyl (C=O) groups excluding carboxylic acids is 1. The number of ether oxygens (including phenoxy) is 1. The molecule has 0 saturated heterocycles. The summed E-state index contributed by atoms with van der Waals surface area (Å²) < 4.78 is 18.9. The number of aliphatic hydroxyl groups excluding tert-OH is 1. The van der Waals surface area contributed by atoms with Crippen LogP contribution in [0.2, 0.25) is 0 Å². The number of rotatable bonds is 2. The quantitative estimate of drug-likeness (QED) is 0.857. The lowest BCUT2D eigenvalue weighted by Crippen LogP contribution is -2.42. The van der Waals surface area contributed by atoms with Crippen molar-refractivity contribution in [3.8, 4) is 0 Å². The van der Waals surface area contributed by atoms with E-state index in [-0.39, 0.29) is 41.6 Å². The van der Waals surface area contributed by atoms with E-state index in [4.69, 9.17) is 10.5 Å². The van der Waals surface area contributed by atoms with Gasteiger partial charge in [0.1, 0.15) is 18.2 Å². The zero-order chi connectivity index (χ0) is 19.0. The lowest BCUT2D eigenvalue weighted by molar-refractivity contribution is -0.133. The minimum Gasteiger partial charge on any atom is -0.506 e. The molecule has 6 heteroatoms. The van der Waals surface area contributed by atoms with Crippen molar-refractivity contribution in [3.05, 3.63) is 94.3 Å². The van der Waals surface area contributed by atoms with Crippen LogP contribution < -0.4 is 5.73 Å². The standard InChI is InChI=1S/C21H19FN2O3/c22-15-7-5-14(6-8-15)20-16-4-2-1-3-13(16)9-10-24(20)21(26)19-11-18(25)17(23)12-27-19/h1-8,11,20,25H,9-10,12,23H2/t20-/m0/s1. The molecule has 5 nitrogen and oxygen atoms in total. The Labute approximate surface area is 156 Å². The molecule has 1 atom stereocenters. The third-order valence-electron chi connectivity index (χ3n) is 4.92. The molecule has 4 rings (SSSR count). The third-order valence-corrected chi connectivity index (χ3v) is 4.92. The second-order valence-corrected chi connectivity index (χ2v) is 6.61. The van der Waals surface area contributed by atoms with Crippen LogP contribution in [0.5, 0.6) is 0 Å². The molecule has 138 valence electrons. The summed E-state index contributed by atoms with van der Waals surface area (Å²) >= 11 is 0.